The fourth-order valence-electron chi connectivity index (χ4n) is 1.46. The Kier molecular flexibility index (Phi) is 6.84. The molecular weight excluding hydrogens is 246 g/mol. The third-order valence-corrected chi connectivity index (χ3v) is 2.67. The molecule has 100 valence electrons. The zero-order valence-electron chi connectivity index (χ0n) is 11.2. The second kappa shape index (κ2) is 8.17. The molecule has 18 heavy (non-hydrogen) atoms. The smallest absolute Gasteiger partial charge is 0.119 e. The Labute approximate surface area is 115 Å². The summed E-state index contributed by atoms with van der Waals surface area (Å²) < 4.78 is 5.66. The van der Waals surface area contributed by atoms with Crippen LogP contribution < -0.4 is 10.1 Å². The largest absolute Gasteiger partial charge is 0.494 e. The summed E-state index contributed by atoms with van der Waals surface area (Å²) in [6, 6.07) is 8.14. The van der Waals surface area contributed by atoms with Gasteiger partial charge < -0.3 is 10.1 Å². The predicted molar refractivity (Wildman–Crippen MR) is 78.1 cm³/mol. The van der Waals surface area contributed by atoms with Crippen LogP contribution in [0.2, 0.25) is 0 Å². The van der Waals surface area contributed by atoms with Crippen molar-refractivity contribution in [2.75, 3.05) is 13.2 Å². The van der Waals surface area contributed by atoms with E-state index in [9.17, 15) is 0 Å². The lowest BCUT2D eigenvalue weighted by Crippen LogP contribution is -2.14. The summed E-state index contributed by atoms with van der Waals surface area (Å²) in [6.07, 6.45) is 1.08. The second-order valence-corrected chi connectivity index (χ2v) is 5.33. The van der Waals surface area contributed by atoms with Crippen molar-refractivity contribution < 1.29 is 4.74 Å². The molecule has 1 rings (SSSR count). The van der Waals surface area contributed by atoms with Gasteiger partial charge in [0.05, 0.1) is 6.61 Å². The van der Waals surface area contributed by atoms with Crippen molar-refractivity contribution in [2.45, 2.75) is 26.8 Å². The van der Waals surface area contributed by atoms with Gasteiger partial charge in [0, 0.05) is 18.1 Å². The van der Waals surface area contributed by atoms with E-state index in [1.165, 1.54) is 5.56 Å². The second-order valence-electron chi connectivity index (χ2n) is 4.80. The first kappa shape index (κ1) is 15.1. The fourth-order valence-corrected chi connectivity index (χ4v) is 1.55. The van der Waals surface area contributed by atoms with Gasteiger partial charge in [0.1, 0.15) is 5.75 Å². The van der Waals surface area contributed by atoms with Gasteiger partial charge in [0.15, 0.2) is 0 Å². The summed E-state index contributed by atoms with van der Waals surface area (Å²) in [5.41, 5.74) is 1.21. The standard InChI is InChI=1S/C15H22ClNO/c1-12(2)8-9-18-15-6-4-14(5-7-15)11-17-10-13(3)16/h4-7,12,17H,3,8-11H2,1-2H3. The highest BCUT2D eigenvalue weighted by atomic mass is 35.5. The summed E-state index contributed by atoms with van der Waals surface area (Å²) in [5.74, 6) is 1.61. The molecule has 0 saturated carbocycles. The number of ether oxygens (including phenoxy) is 1. The Morgan fingerprint density at radius 2 is 2.00 bits per heavy atom. The molecule has 3 heteroatoms. The van der Waals surface area contributed by atoms with Gasteiger partial charge in [0.25, 0.3) is 0 Å². The average molecular weight is 268 g/mol. The lowest BCUT2D eigenvalue weighted by atomic mass is 10.1. The maximum atomic E-state index is 5.67. The van der Waals surface area contributed by atoms with Crippen molar-refractivity contribution in [3.05, 3.63) is 41.4 Å². The van der Waals surface area contributed by atoms with Crippen LogP contribution in [0.15, 0.2) is 35.9 Å². The molecule has 0 heterocycles. The molecule has 0 spiro atoms. The SMILES string of the molecule is C=C(Cl)CNCc1ccc(OCCC(C)C)cc1. The van der Waals surface area contributed by atoms with Crippen molar-refractivity contribution >= 4 is 11.6 Å². The van der Waals surface area contributed by atoms with Gasteiger partial charge in [-0.1, -0.05) is 44.2 Å². The Morgan fingerprint density at radius 3 is 2.56 bits per heavy atom. The molecule has 0 radical (unpaired) electrons. The topological polar surface area (TPSA) is 21.3 Å². The third-order valence-electron chi connectivity index (χ3n) is 2.53. The van der Waals surface area contributed by atoms with E-state index >= 15 is 0 Å². The molecule has 0 aliphatic rings. The van der Waals surface area contributed by atoms with Crippen LogP contribution in [0.4, 0.5) is 0 Å². The summed E-state index contributed by atoms with van der Waals surface area (Å²) in [5, 5.41) is 3.83. The van der Waals surface area contributed by atoms with E-state index in [-0.39, 0.29) is 0 Å². The monoisotopic (exact) mass is 267 g/mol. The molecule has 0 aliphatic carbocycles. The molecule has 0 aliphatic heterocycles. The van der Waals surface area contributed by atoms with Crippen molar-refractivity contribution in [3.8, 4) is 5.75 Å². The van der Waals surface area contributed by atoms with E-state index < -0.39 is 0 Å². The highest BCUT2D eigenvalue weighted by molar-refractivity contribution is 6.29. The Morgan fingerprint density at radius 1 is 1.33 bits per heavy atom. The molecule has 1 aromatic carbocycles. The van der Waals surface area contributed by atoms with E-state index in [0.29, 0.717) is 17.5 Å². The molecular formula is C15H22ClNO. The van der Waals surface area contributed by atoms with Crippen LogP contribution in [0.1, 0.15) is 25.8 Å². The summed E-state index contributed by atoms with van der Waals surface area (Å²) in [4.78, 5) is 0. The highest BCUT2D eigenvalue weighted by Crippen LogP contribution is 2.13. The van der Waals surface area contributed by atoms with Gasteiger partial charge in [-0.05, 0) is 30.0 Å². The van der Waals surface area contributed by atoms with Crippen LogP contribution in [0.5, 0.6) is 5.75 Å². The number of hydrogen-bond acceptors (Lipinski definition) is 2. The van der Waals surface area contributed by atoms with Crippen molar-refractivity contribution in [3.63, 3.8) is 0 Å². The molecule has 1 N–H and O–H groups in total. The third kappa shape index (κ3) is 6.67. The molecule has 0 bridgehead atoms. The van der Waals surface area contributed by atoms with Crippen molar-refractivity contribution in [1.82, 2.24) is 5.32 Å². The first-order chi connectivity index (χ1) is 8.58. The van der Waals surface area contributed by atoms with Crippen LogP contribution in [0, 0.1) is 5.92 Å². The maximum Gasteiger partial charge on any atom is 0.119 e. The van der Waals surface area contributed by atoms with E-state index in [1.807, 2.05) is 12.1 Å². The zero-order chi connectivity index (χ0) is 13.4. The Balaban J connectivity index is 2.31. The summed E-state index contributed by atoms with van der Waals surface area (Å²) >= 11 is 5.67. The number of nitrogens with one attached hydrogen (secondary N) is 1. The fraction of sp³-hybridized carbons (Fsp3) is 0.467. The maximum absolute atomic E-state index is 5.67. The van der Waals surface area contributed by atoms with E-state index in [4.69, 9.17) is 16.3 Å². The van der Waals surface area contributed by atoms with Crippen molar-refractivity contribution in [1.29, 1.82) is 0 Å². The molecule has 2 nitrogen and oxygen atoms in total. The van der Waals surface area contributed by atoms with Gasteiger partial charge in [-0.3, -0.25) is 0 Å². The Bertz CT molecular complexity index is 359. The zero-order valence-corrected chi connectivity index (χ0v) is 12.0. The number of halogens is 1. The summed E-state index contributed by atoms with van der Waals surface area (Å²) in [6.45, 7) is 10.2. The van der Waals surface area contributed by atoms with Crippen LogP contribution in [0.25, 0.3) is 0 Å². The van der Waals surface area contributed by atoms with Crippen LogP contribution >= 0.6 is 11.6 Å². The van der Waals surface area contributed by atoms with Gasteiger partial charge >= 0.3 is 0 Å². The number of rotatable bonds is 8. The van der Waals surface area contributed by atoms with Crippen LogP contribution in [-0.4, -0.2) is 13.2 Å². The van der Waals surface area contributed by atoms with Crippen molar-refractivity contribution in [2.24, 2.45) is 5.92 Å². The molecule has 0 saturated heterocycles. The highest BCUT2D eigenvalue weighted by Gasteiger charge is 1.98. The quantitative estimate of drug-likeness (QED) is 0.770. The normalized spacial score (nSPS) is 10.7. The average Bonchev–Trinajstić information content (AvgIpc) is 2.30. The van der Waals surface area contributed by atoms with E-state index in [2.05, 4.69) is 37.9 Å². The molecule has 0 unspecified atom stereocenters. The first-order valence-electron chi connectivity index (χ1n) is 6.33. The number of benzene rings is 1. The molecule has 0 fully saturated rings. The predicted octanol–water partition coefficient (Wildman–Crippen LogP) is 3.95. The summed E-state index contributed by atoms with van der Waals surface area (Å²) in [7, 11) is 0. The minimum absolute atomic E-state index is 0.628. The Hall–Kier alpha value is -0.990. The van der Waals surface area contributed by atoms with E-state index in [1.54, 1.807) is 0 Å². The molecule has 0 aromatic heterocycles. The molecule has 0 amide bonds. The van der Waals surface area contributed by atoms with Gasteiger partial charge in [-0.2, -0.15) is 0 Å². The minimum atomic E-state index is 0.628. The molecule has 1 aromatic rings. The van der Waals surface area contributed by atoms with E-state index in [0.717, 1.165) is 25.3 Å². The van der Waals surface area contributed by atoms with Crippen LogP contribution in [0.3, 0.4) is 0 Å². The number of hydrogen-bond donors (Lipinski definition) is 1. The van der Waals surface area contributed by atoms with Gasteiger partial charge in [-0.25, -0.2) is 0 Å². The first-order valence-corrected chi connectivity index (χ1v) is 6.71. The molecule has 0 atom stereocenters. The minimum Gasteiger partial charge on any atom is -0.494 e. The van der Waals surface area contributed by atoms with Crippen LogP contribution in [-0.2, 0) is 6.54 Å². The lowest BCUT2D eigenvalue weighted by molar-refractivity contribution is 0.289. The van der Waals surface area contributed by atoms with Gasteiger partial charge in [0.2, 0.25) is 0 Å². The lowest BCUT2D eigenvalue weighted by Gasteiger charge is -2.09. The van der Waals surface area contributed by atoms with Gasteiger partial charge in [-0.15, -0.1) is 0 Å².